The van der Waals surface area contributed by atoms with Gasteiger partial charge in [-0.3, -0.25) is 4.98 Å². The van der Waals surface area contributed by atoms with Gasteiger partial charge in [-0.1, -0.05) is 0 Å². The minimum Gasteiger partial charge on any atom is -0.493 e. The third kappa shape index (κ3) is 2.38. The van der Waals surface area contributed by atoms with Crippen molar-refractivity contribution in [3.63, 3.8) is 0 Å². The second-order valence-corrected chi connectivity index (χ2v) is 4.08. The van der Waals surface area contributed by atoms with Crippen LogP contribution in [0.2, 0.25) is 0 Å². The van der Waals surface area contributed by atoms with Gasteiger partial charge in [0.25, 0.3) is 0 Å². The maximum absolute atomic E-state index is 5.34. The number of hydrogen-bond acceptors (Lipinski definition) is 4. The van der Waals surface area contributed by atoms with E-state index < -0.39 is 0 Å². The molecular formula is C14H18N2O2. The molecule has 96 valence electrons. The second kappa shape index (κ2) is 5.69. The van der Waals surface area contributed by atoms with Gasteiger partial charge in [-0.2, -0.15) is 0 Å². The zero-order chi connectivity index (χ0) is 13.0. The zero-order valence-electron chi connectivity index (χ0n) is 11.0. The molecule has 0 fully saturated rings. The van der Waals surface area contributed by atoms with Crippen molar-refractivity contribution in [2.24, 2.45) is 0 Å². The molecule has 0 spiro atoms. The molecular weight excluding hydrogens is 228 g/mol. The van der Waals surface area contributed by atoms with E-state index in [1.165, 1.54) is 5.56 Å². The number of likely N-dealkylation sites (N-methyl/N-ethyl adjacent to an activating group) is 1. The number of ether oxygens (including phenoxy) is 2. The van der Waals surface area contributed by atoms with Gasteiger partial charge >= 0.3 is 0 Å². The summed E-state index contributed by atoms with van der Waals surface area (Å²) in [6.07, 6.45) is 4.70. The SMILES string of the molecule is CNCCc1cncc2cc(OC)c(OC)cc12. The van der Waals surface area contributed by atoms with Crippen molar-refractivity contribution >= 4 is 10.8 Å². The summed E-state index contributed by atoms with van der Waals surface area (Å²) in [6.45, 7) is 0.926. The topological polar surface area (TPSA) is 43.4 Å². The molecule has 1 N–H and O–H groups in total. The summed E-state index contributed by atoms with van der Waals surface area (Å²) in [5, 5.41) is 5.38. The summed E-state index contributed by atoms with van der Waals surface area (Å²) in [5.74, 6) is 1.49. The van der Waals surface area contributed by atoms with Crippen LogP contribution in [0, 0.1) is 0 Å². The Morgan fingerprint density at radius 3 is 2.50 bits per heavy atom. The molecule has 4 heteroatoms. The van der Waals surface area contributed by atoms with Crippen LogP contribution >= 0.6 is 0 Å². The fourth-order valence-electron chi connectivity index (χ4n) is 2.02. The standard InChI is InChI=1S/C14H18N2O2/c1-15-5-4-10-8-16-9-11-6-13(17-2)14(18-3)7-12(10)11/h6-9,15H,4-5H2,1-3H3. The van der Waals surface area contributed by atoms with E-state index in [4.69, 9.17) is 9.47 Å². The lowest BCUT2D eigenvalue weighted by Gasteiger charge is -2.11. The monoisotopic (exact) mass is 246 g/mol. The summed E-state index contributed by atoms with van der Waals surface area (Å²) < 4.78 is 10.6. The first-order valence-corrected chi connectivity index (χ1v) is 5.93. The first-order chi connectivity index (χ1) is 8.80. The number of aromatic nitrogens is 1. The van der Waals surface area contributed by atoms with E-state index in [2.05, 4.69) is 10.3 Å². The number of nitrogens with zero attached hydrogens (tertiary/aromatic N) is 1. The molecule has 0 saturated heterocycles. The average Bonchev–Trinajstić information content (AvgIpc) is 2.43. The van der Waals surface area contributed by atoms with E-state index in [1.54, 1.807) is 14.2 Å². The van der Waals surface area contributed by atoms with Crippen LogP contribution in [0.3, 0.4) is 0 Å². The van der Waals surface area contributed by atoms with Gasteiger partial charge in [0.1, 0.15) is 0 Å². The Balaban J connectivity index is 2.54. The Bertz CT molecular complexity index is 541. The molecule has 0 radical (unpaired) electrons. The summed E-state index contributed by atoms with van der Waals surface area (Å²) in [5.41, 5.74) is 1.21. The number of rotatable bonds is 5. The van der Waals surface area contributed by atoms with E-state index in [0.717, 1.165) is 35.2 Å². The number of fused-ring (bicyclic) bond motifs is 1. The highest BCUT2D eigenvalue weighted by molar-refractivity contribution is 5.88. The lowest BCUT2D eigenvalue weighted by Crippen LogP contribution is -2.10. The van der Waals surface area contributed by atoms with Gasteiger partial charge in [-0.25, -0.2) is 0 Å². The van der Waals surface area contributed by atoms with Crippen molar-refractivity contribution in [1.82, 2.24) is 10.3 Å². The maximum atomic E-state index is 5.34. The van der Waals surface area contributed by atoms with Gasteiger partial charge in [0, 0.05) is 17.8 Å². The summed E-state index contributed by atoms with van der Waals surface area (Å²) in [6, 6.07) is 3.98. The molecule has 1 aromatic heterocycles. The molecule has 0 unspecified atom stereocenters. The van der Waals surface area contributed by atoms with Crippen molar-refractivity contribution in [2.75, 3.05) is 27.8 Å². The molecule has 4 nitrogen and oxygen atoms in total. The number of benzene rings is 1. The highest BCUT2D eigenvalue weighted by atomic mass is 16.5. The zero-order valence-corrected chi connectivity index (χ0v) is 11.0. The first-order valence-electron chi connectivity index (χ1n) is 5.93. The molecule has 1 heterocycles. The average molecular weight is 246 g/mol. The van der Waals surface area contributed by atoms with Crippen molar-refractivity contribution in [2.45, 2.75) is 6.42 Å². The normalized spacial score (nSPS) is 10.6. The summed E-state index contributed by atoms with van der Waals surface area (Å²) in [7, 11) is 5.24. The highest BCUT2D eigenvalue weighted by Gasteiger charge is 2.08. The van der Waals surface area contributed by atoms with Crippen LogP contribution in [0.15, 0.2) is 24.5 Å². The molecule has 0 aliphatic heterocycles. The smallest absolute Gasteiger partial charge is 0.161 e. The lowest BCUT2D eigenvalue weighted by atomic mass is 10.0. The molecule has 2 aromatic rings. The third-order valence-corrected chi connectivity index (χ3v) is 2.99. The van der Waals surface area contributed by atoms with Gasteiger partial charge in [0.2, 0.25) is 0 Å². The van der Waals surface area contributed by atoms with E-state index in [0.29, 0.717) is 0 Å². The summed E-state index contributed by atoms with van der Waals surface area (Å²) >= 11 is 0. The molecule has 1 aromatic carbocycles. The van der Waals surface area contributed by atoms with Crippen LogP contribution in [-0.4, -0.2) is 32.8 Å². The highest BCUT2D eigenvalue weighted by Crippen LogP contribution is 2.33. The molecule has 0 bridgehead atoms. The Morgan fingerprint density at radius 2 is 1.83 bits per heavy atom. The Labute approximate surface area is 107 Å². The van der Waals surface area contributed by atoms with Crippen LogP contribution in [-0.2, 0) is 6.42 Å². The van der Waals surface area contributed by atoms with E-state index >= 15 is 0 Å². The van der Waals surface area contributed by atoms with Gasteiger partial charge < -0.3 is 14.8 Å². The Hall–Kier alpha value is -1.81. The van der Waals surface area contributed by atoms with Crippen LogP contribution < -0.4 is 14.8 Å². The van der Waals surface area contributed by atoms with E-state index in [9.17, 15) is 0 Å². The minimum atomic E-state index is 0.734. The van der Waals surface area contributed by atoms with Gasteiger partial charge in [0.05, 0.1) is 14.2 Å². The predicted octanol–water partition coefficient (Wildman–Crippen LogP) is 2.01. The van der Waals surface area contributed by atoms with Crippen molar-refractivity contribution in [3.05, 3.63) is 30.1 Å². The molecule has 0 amide bonds. The Morgan fingerprint density at radius 1 is 1.11 bits per heavy atom. The van der Waals surface area contributed by atoms with Crippen molar-refractivity contribution < 1.29 is 9.47 Å². The fraction of sp³-hybridized carbons (Fsp3) is 0.357. The van der Waals surface area contributed by atoms with Crippen LogP contribution in [0.25, 0.3) is 10.8 Å². The van der Waals surface area contributed by atoms with Crippen LogP contribution in [0.5, 0.6) is 11.5 Å². The van der Waals surface area contributed by atoms with Crippen molar-refractivity contribution in [3.8, 4) is 11.5 Å². The molecule has 0 saturated carbocycles. The van der Waals surface area contributed by atoms with Crippen LogP contribution in [0.4, 0.5) is 0 Å². The van der Waals surface area contributed by atoms with Crippen molar-refractivity contribution in [1.29, 1.82) is 0 Å². The molecule has 18 heavy (non-hydrogen) atoms. The lowest BCUT2D eigenvalue weighted by molar-refractivity contribution is 0.356. The first kappa shape index (κ1) is 12.6. The Kier molecular flexibility index (Phi) is 3.99. The van der Waals surface area contributed by atoms with Gasteiger partial charge in [-0.05, 0) is 43.1 Å². The van der Waals surface area contributed by atoms with E-state index in [-0.39, 0.29) is 0 Å². The molecule has 2 rings (SSSR count). The van der Waals surface area contributed by atoms with Crippen LogP contribution in [0.1, 0.15) is 5.56 Å². The third-order valence-electron chi connectivity index (χ3n) is 2.99. The number of pyridine rings is 1. The van der Waals surface area contributed by atoms with E-state index in [1.807, 2.05) is 31.6 Å². The van der Waals surface area contributed by atoms with Gasteiger partial charge in [0.15, 0.2) is 11.5 Å². The number of nitrogens with one attached hydrogen (secondary N) is 1. The predicted molar refractivity (Wildman–Crippen MR) is 72.5 cm³/mol. The number of hydrogen-bond donors (Lipinski definition) is 1. The molecule has 0 atom stereocenters. The van der Waals surface area contributed by atoms with Gasteiger partial charge in [-0.15, -0.1) is 0 Å². The quantitative estimate of drug-likeness (QED) is 0.876. The largest absolute Gasteiger partial charge is 0.493 e. The molecule has 0 aliphatic rings. The second-order valence-electron chi connectivity index (χ2n) is 4.08. The summed E-state index contributed by atoms with van der Waals surface area (Å²) in [4.78, 5) is 4.27. The maximum Gasteiger partial charge on any atom is 0.161 e. The minimum absolute atomic E-state index is 0.734. The fourth-order valence-corrected chi connectivity index (χ4v) is 2.02. The number of methoxy groups -OCH3 is 2. The molecule has 0 aliphatic carbocycles.